The lowest BCUT2D eigenvalue weighted by atomic mass is 9.80. The largest absolute Gasteiger partial charge is 0.501 e. The third kappa shape index (κ3) is 2.81. The van der Waals surface area contributed by atoms with Gasteiger partial charge in [-0.2, -0.15) is 0 Å². The topological polar surface area (TPSA) is 50.5 Å². The Balaban J connectivity index is 2.27. The lowest BCUT2D eigenvalue weighted by Crippen LogP contribution is -2.62. The molecule has 0 aromatic carbocycles. The molecule has 1 fully saturated rings. The van der Waals surface area contributed by atoms with Gasteiger partial charge in [-0.05, 0) is 44.3 Å². The van der Waals surface area contributed by atoms with E-state index in [9.17, 15) is 0 Å². The molecule has 1 aliphatic carbocycles. The molecule has 0 aromatic heterocycles. The van der Waals surface area contributed by atoms with Gasteiger partial charge >= 0.3 is 0 Å². The molecule has 0 radical (unpaired) electrons. The van der Waals surface area contributed by atoms with Crippen molar-refractivity contribution < 1.29 is 4.74 Å². The highest BCUT2D eigenvalue weighted by Crippen LogP contribution is 2.41. The molecular formula is C15H29N3O. The Morgan fingerprint density at radius 2 is 2.00 bits per heavy atom. The summed E-state index contributed by atoms with van der Waals surface area (Å²) in [4.78, 5) is 2.60. The van der Waals surface area contributed by atoms with Crippen LogP contribution in [0.25, 0.3) is 0 Å². The van der Waals surface area contributed by atoms with Crippen molar-refractivity contribution in [2.75, 3.05) is 19.7 Å². The summed E-state index contributed by atoms with van der Waals surface area (Å²) in [5, 5.41) is 0. The standard InChI is InChI=1S/C15H29N3O/c1-3-18(4-2)15(9-5-6-10-15)14(17-16)13-8-7-11-19-12-13/h12,14,17H,3-11,16H2,1-2H3. The number of nitrogens with two attached hydrogens (primary N) is 1. The normalized spacial score (nSPS) is 24.1. The van der Waals surface area contributed by atoms with Gasteiger partial charge in [0, 0.05) is 5.54 Å². The Labute approximate surface area is 117 Å². The first-order valence-corrected chi connectivity index (χ1v) is 7.80. The van der Waals surface area contributed by atoms with Crippen LogP contribution in [0.2, 0.25) is 0 Å². The second-order valence-corrected chi connectivity index (χ2v) is 5.75. The van der Waals surface area contributed by atoms with Crippen molar-refractivity contribution in [1.29, 1.82) is 0 Å². The van der Waals surface area contributed by atoms with Crippen molar-refractivity contribution >= 4 is 0 Å². The van der Waals surface area contributed by atoms with Crippen LogP contribution in [0, 0.1) is 0 Å². The molecule has 0 spiro atoms. The third-order valence-electron chi connectivity index (χ3n) is 4.90. The average molecular weight is 267 g/mol. The zero-order valence-corrected chi connectivity index (χ0v) is 12.5. The number of hydrogen-bond donors (Lipinski definition) is 2. The minimum Gasteiger partial charge on any atom is -0.501 e. The molecule has 110 valence electrons. The zero-order chi connectivity index (χ0) is 13.7. The zero-order valence-electron chi connectivity index (χ0n) is 12.5. The van der Waals surface area contributed by atoms with Crippen LogP contribution >= 0.6 is 0 Å². The summed E-state index contributed by atoms with van der Waals surface area (Å²) in [7, 11) is 0. The smallest absolute Gasteiger partial charge is 0.0876 e. The molecule has 4 heteroatoms. The van der Waals surface area contributed by atoms with Crippen molar-refractivity contribution in [3.05, 3.63) is 11.8 Å². The Bertz CT molecular complexity index is 307. The molecule has 0 aromatic rings. The van der Waals surface area contributed by atoms with Crippen LogP contribution in [0.3, 0.4) is 0 Å². The summed E-state index contributed by atoms with van der Waals surface area (Å²) < 4.78 is 5.54. The van der Waals surface area contributed by atoms with Crippen LogP contribution in [0.4, 0.5) is 0 Å². The monoisotopic (exact) mass is 267 g/mol. The maximum absolute atomic E-state index is 5.94. The molecule has 0 bridgehead atoms. The molecule has 0 saturated heterocycles. The molecular weight excluding hydrogens is 238 g/mol. The van der Waals surface area contributed by atoms with E-state index in [0.717, 1.165) is 32.5 Å². The van der Waals surface area contributed by atoms with E-state index in [-0.39, 0.29) is 11.6 Å². The lowest BCUT2D eigenvalue weighted by Gasteiger charge is -2.47. The van der Waals surface area contributed by atoms with Gasteiger partial charge in [-0.25, -0.2) is 0 Å². The van der Waals surface area contributed by atoms with Crippen LogP contribution in [0.5, 0.6) is 0 Å². The number of ether oxygens (including phenoxy) is 1. The summed E-state index contributed by atoms with van der Waals surface area (Å²) in [5.74, 6) is 5.94. The van der Waals surface area contributed by atoms with E-state index in [1.807, 2.05) is 6.26 Å². The fraction of sp³-hybridized carbons (Fsp3) is 0.867. The van der Waals surface area contributed by atoms with Crippen LogP contribution in [0.15, 0.2) is 11.8 Å². The molecule has 1 unspecified atom stereocenters. The first-order valence-electron chi connectivity index (χ1n) is 7.80. The van der Waals surface area contributed by atoms with Gasteiger partial charge in [0.25, 0.3) is 0 Å². The highest BCUT2D eigenvalue weighted by Gasteiger charge is 2.46. The van der Waals surface area contributed by atoms with Crippen molar-refractivity contribution in [2.45, 2.75) is 64.0 Å². The van der Waals surface area contributed by atoms with Gasteiger partial charge in [-0.3, -0.25) is 16.2 Å². The van der Waals surface area contributed by atoms with Gasteiger partial charge in [-0.1, -0.05) is 26.7 Å². The maximum Gasteiger partial charge on any atom is 0.0876 e. The lowest BCUT2D eigenvalue weighted by molar-refractivity contribution is 0.0700. The predicted molar refractivity (Wildman–Crippen MR) is 78.5 cm³/mol. The quantitative estimate of drug-likeness (QED) is 0.572. The van der Waals surface area contributed by atoms with Crippen LogP contribution < -0.4 is 11.3 Å². The number of hydrazine groups is 1. The van der Waals surface area contributed by atoms with Crippen LogP contribution in [-0.2, 0) is 4.74 Å². The molecule has 1 atom stereocenters. The third-order valence-corrected chi connectivity index (χ3v) is 4.90. The first-order chi connectivity index (χ1) is 9.28. The summed E-state index contributed by atoms with van der Waals surface area (Å²) in [6.45, 7) is 7.52. The van der Waals surface area contributed by atoms with Crippen molar-refractivity contribution in [3.8, 4) is 0 Å². The summed E-state index contributed by atoms with van der Waals surface area (Å²) in [5.41, 5.74) is 4.65. The fourth-order valence-electron chi connectivity index (χ4n) is 4.03. The first kappa shape index (κ1) is 14.8. The number of hydrogen-bond acceptors (Lipinski definition) is 4. The SMILES string of the molecule is CCN(CC)C1(C(NN)C2=COCCC2)CCCC1. The molecule has 3 N–H and O–H groups in total. The van der Waals surface area contributed by atoms with Crippen molar-refractivity contribution in [2.24, 2.45) is 5.84 Å². The Morgan fingerprint density at radius 3 is 2.47 bits per heavy atom. The van der Waals surface area contributed by atoms with E-state index in [1.165, 1.54) is 31.3 Å². The Morgan fingerprint density at radius 1 is 1.32 bits per heavy atom. The second-order valence-electron chi connectivity index (χ2n) is 5.75. The minimum absolute atomic E-state index is 0.185. The van der Waals surface area contributed by atoms with Gasteiger partial charge in [-0.15, -0.1) is 0 Å². The van der Waals surface area contributed by atoms with E-state index in [1.54, 1.807) is 0 Å². The molecule has 1 heterocycles. The van der Waals surface area contributed by atoms with E-state index in [0.29, 0.717) is 0 Å². The molecule has 19 heavy (non-hydrogen) atoms. The summed E-state index contributed by atoms with van der Waals surface area (Å²) in [6, 6.07) is 0.232. The number of likely N-dealkylation sites (N-methyl/N-ethyl adjacent to an activating group) is 1. The van der Waals surface area contributed by atoms with Crippen molar-refractivity contribution in [3.63, 3.8) is 0 Å². The molecule has 1 saturated carbocycles. The van der Waals surface area contributed by atoms with Crippen molar-refractivity contribution in [1.82, 2.24) is 10.3 Å². The number of nitrogens with one attached hydrogen (secondary N) is 1. The van der Waals surface area contributed by atoms with Gasteiger partial charge in [0.1, 0.15) is 0 Å². The average Bonchev–Trinajstić information content (AvgIpc) is 2.92. The molecule has 0 amide bonds. The molecule has 2 aliphatic rings. The van der Waals surface area contributed by atoms with E-state index < -0.39 is 0 Å². The molecule has 4 nitrogen and oxygen atoms in total. The van der Waals surface area contributed by atoms with Gasteiger partial charge in [0.2, 0.25) is 0 Å². The van der Waals surface area contributed by atoms with Gasteiger partial charge in [0.15, 0.2) is 0 Å². The molecule has 1 aliphatic heterocycles. The number of rotatable bonds is 6. The summed E-state index contributed by atoms with van der Waals surface area (Å²) >= 11 is 0. The maximum atomic E-state index is 5.94. The number of nitrogens with zero attached hydrogens (tertiary/aromatic N) is 1. The fourth-order valence-corrected chi connectivity index (χ4v) is 4.03. The van der Waals surface area contributed by atoms with E-state index >= 15 is 0 Å². The second kappa shape index (κ2) is 6.73. The highest BCUT2D eigenvalue weighted by atomic mass is 16.5. The predicted octanol–water partition coefficient (Wildman–Crippen LogP) is 2.17. The highest BCUT2D eigenvalue weighted by molar-refractivity contribution is 5.20. The summed E-state index contributed by atoms with van der Waals surface area (Å²) in [6.07, 6.45) is 9.27. The molecule has 2 rings (SSSR count). The van der Waals surface area contributed by atoms with Crippen LogP contribution in [0.1, 0.15) is 52.4 Å². The van der Waals surface area contributed by atoms with E-state index in [4.69, 9.17) is 10.6 Å². The van der Waals surface area contributed by atoms with Gasteiger partial charge in [0.05, 0.1) is 18.9 Å². The Hall–Kier alpha value is -0.580. The van der Waals surface area contributed by atoms with E-state index in [2.05, 4.69) is 24.2 Å². The van der Waals surface area contributed by atoms with Crippen LogP contribution in [-0.4, -0.2) is 36.2 Å². The van der Waals surface area contributed by atoms with Gasteiger partial charge < -0.3 is 4.74 Å². The Kier molecular flexibility index (Phi) is 5.25. The minimum atomic E-state index is 0.185.